The summed E-state index contributed by atoms with van der Waals surface area (Å²) in [4.78, 5) is 16.5. The third kappa shape index (κ3) is 3.51. The number of anilines is 1. The van der Waals surface area contributed by atoms with Gasteiger partial charge in [-0.05, 0) is 61.4 Å². The van der Waals surface area contributed by atoms with Gasteiger partial charge >= 0.3 is 6.29 Å². The number of ether oxygens (including phenoxy) is 2. The molecule has 0 aliphatic carbocycles. The molecule has 1 amide bonds. The van der Waals surface area contributed by atoms with E-state index in [0.717, 1.165) is 11.1 Å². The van der Waals surface area contributed by atoms with Crippen LogP contribution in [0.5, 0.6) is 11.5 Å². The van der Waals surface area contributed by atoms with Crippen LogP contribution in [0.4, 0.5) is 14.6 Å². The van der Waals surface area contributed by atoms with E-state index in [4.69, 9.17) is 0 Å². The van der Waals surface area contributed by atoms with E-state index in [2.05, 4.69) is 19.8 Å². The van der Waals surface area contributed by atoms with Gasteiger partial charge in [0.15, 0.2) is 11.5 Å². The van der Waals surface area contributed by atoms with Crippen molar-refractivity contribution < 1.29 is 23.0 Å². The summed E-state index contributed by atoms with van der Waals surface area (Å²) in [7, 11) is 0. The maximum Gasteiger partial charge on any atom is 0.586 e. The predicted molar refractivity (Wildman–Crippen MR) is 99.7 cm³/mol. The number of nitrogens with one attached hydrogen (secondary N) is 1. The number of alkyl halides is 2. The van der Waals surface area contributed by atoms with Gasteiger partial charge < -0.3 is 14.8 Å². The quantitative estimate of drug-likeness (QED) is 0.697. The fraction of sp³-hybridized carbons (Fsp3) is 0.143. The first-order valence-corrected chi connectivity index (χ1v) is 8.56. The van der Waals surface area contributed by atoms with Gasteiger partial charge in [0.05, 0.1) is 0 Å². The van der Waals surface area contributed by atoms with E-state index in [9.17, 15) is 13.6 Å². The van der Waals surface area contributed by atoms with E-state index in [0.29, 0.717) is 22.5 Å². The number of carbonyl (C=O) groups excluding carboxylic acids is 1. The van der Waals surface area contributed by atoms with Gasteiger partial charge in [0, 0.05) is 17.3 Å². The zero-order valence-electron chi connectivity index (χ0n) is 15.1. The van der Waals surface area contributed by atoms with Crippen LogP contribution in [0.3, 0.4) is 0 Å². The van der Waals surface area contributed by atoms with Gasteiger partial charge in [-0.2, -0.15) is 0 Å². The summed E-state index contributed by atoms with van der Waals surface area (Å²) in [5.41, 5.74) is 3.72. The standard InChI is InChI=1S/C21H16F2N2O3/c1-12-3-5-14(6-4-12)20(26)25-19-8-7-15(11-24-19)16-10-18-17(9-13(16)2)27-21(22,23)28-18/h3-11H,1-2H3,(H,24,25,26). The minimum atomic E-state index is -3.66. The van der Waals surface area contributed by atoms with Crippen molar-refractivity contribution in [3.63, 3.8) is 0 Å². The number of pyridine rings is 1. The van der Waals surface area contributed by atoms with Gasteiger partial charge in [0.1, 0.15) is 5.82 Å². The minimum Gasteiger partial charge on any atom is -0.395 e. The summed E-state index contributed by atoms with van der Waals surface area (Å²) in [6.45, 7) is 3.73. The van der Waals surface area contributed by atoms with E-state index in [1.807, 2.05) is 19.1 Å². The van der Waals surface area contributed by atoms with Crippen molar-refractivity contribution in [2.24, 2.45) is 0 Å². The first kappa shape index (κ1) is 17.9. The summed E-state index contributed by atoms with van der Waals surface area (Å²) in [6, 6.07) is 13.6. The first-order chi connectivity index (χ1) is 13.3. The zero-order chi connectivity index (χ0) is 19.9. The Kier molecular flexibility index (Phi) is 4.22. The van der Waals surface area contributed by atoms with E-state index in [1.165, 1.54) is 12.1 Å². The van der Waals surface area contributed by atoms with Crippen molar-refractivity contribution in [2.75, 3.05) is 5.32 Å². The van der Waals surface area contributed by atoms with Crippen molar-refractivity contribution in [1.29, 1.82) is 0 Å². The molecule has 2 aromatic carbocycles. The second-order valence-electron chi connectivity index (χ2n) is 6.53. The number of fused-ring (bicyclic) bond motifs is 1. The highest BCUT2D eigenvalue weighted by atomic mass is 19.3. The number of rotatable bonds is 3. The molecule has 1 aromatic heterocycles. The second kappa shape index (κ2) is 6.60. The molecule has 1 aliphatic rings. The Morgan fingerprint density at radius 1 is 1.00 bits per heavy atom. The van der Waals surface area contributed by atoms with Gasteiger partial charge in [-0.15, -0.1) is 8.78 Å². The van der Waals surface area contributed by atoms with Crippen LogP contribution in [0.15, 0.2) is 54.7 Å². The van der Waals surface area contributed by atoms with Crippen LogP contribution >= 0.6 is 0 Å². The SMILES string of the molecule is Cc1ccc(C(=O)Nc2ccc(-c3cc4c(cc3C)OC(F)(F)O4)cn2)cc1. The summed E-state index contributed by atoms with van der Waals surface area (Å²) in [5, 5.41) is 2.73. The third-order valence-corrected chi connectivity index (χ3v) is 4.38. The maximum absolute atomic E-state index is 13.2. The molecular weight excluding hydrogens is 366 g/mol. The number of carbonyl (C=O) groups is 1. The lowest BCUT2D eigenvalue weighted by Gasteiger charge is -2.09. The molecule has 28 heavy (non-hydrogen) atoms. The molecule has 0 fully saturated rings. The molecule has 0 saturated heterocycles. The molecule has 142 valence electrons. The highest BCUT2D eigenvalue weighted by Gasteiger charge is 2.43. The maximum atomic E-state index is 13.2. The van der Waals surface area contributed by atoms with Crippen molar-refractivity contribution >= 4 is 11.7 Å². The molecule has 0 saturated carbocycles. The average molecular weight is 382 g/mol. The predicted octanol–water partition coefficient (Wildman–Crippen LogP) is 4.94. The van der Waals surface area contributed by atoms with Crippen LogP contribution in [-0.2, 0) is 0 Å². The Labute approximate surface area is 159 Å². The van der Waals surface area contributed by atoms with Crippen LogP contribution in [0, 0.1) is 13.8 Å². The van der Waals surface area contributed by atoms with Crippen LogP contribution < -0.4 is 14.8 Å². The molecule has 0 radical (unpaired) electrons. The van der Waals surface area contributed by atoms with E-state index in [1.54, 1.807) is 37.4 Å². The molecule has 1 aliphatic heterocycles. The molecule has 3 aromatic rings. The zero-order valence-corrected chi connectivity index (χ0v) is 15.1. The average Bonchev–Trinajstić information content (AvgIpc) is 2.95. The van der Waals surface area contributed by atoms with Crippen molar-refractivity contribution in [1.82, 2.24) is 4.98 Å². The van der Waals surface area contributed by atoms with Crippen LogP contribution in [-0.4, -0.2) is 17.2 Å². The number of aromatic nitrogens is 1. The lowest BCUT2D eigenvalue weighted by Crippen LogP contribution is -2.25. The number of hydrogen-bond acceptors (Lipinski definition) is 4. The highest BCUT2D eigenvalue weighted by molar-refractivity contribution is 6.03. The van der Waals surface area contributed by atoms with Crippen molar-refractivity contribution in [3.05, 3.63) is 71.4 Å². The molecule has 0 unspecified atom stereocenters. The Bertz CT molecular complexity index is 1050. The Morgan fingerprint density at radius 3 is 2.32 bits per heavy atom. The number of halogens is 2. The molecule has 5 nitrogen and oxygen atoms in total. The summed E-state index contributed by atoms with van der Waals surface area (Å²) in [6.07, 6.45) is -2.09. The van der Waals surface area contributed by atoms with Crippen molar-refractivity contribution in [3.8, 4) is 22.6 Å². The number of nitrogens with zero attached hydrogens (tertiary/aromatic N) is 1. The van der Waals surface area contributed by atoms with Crippen LogP contribution in [0.1, 0.15) is 21.5 Å². The normalized spacial score (nSPS) is 14.0. The second-order valence-corrected chi connectivity index (χ2v) is 6.53. The van der Waals surface area contributed by atoms with Crippen LogP contribution in [0.2, 0.25) is 0 Å². The number of benzene rings is 2. The van der Waals surface area contributed by atoms with Gasteiger partial charge in [-0.25, -0.2) is 4.98 Å². The van der Waals surface area contributed by atoms with E-state index in [-0.39, 0.29) is 17.4 Å². The van der Waals surface area contributed by atoms with Crippen molar-refractivity contribution in [2.45, 2.75) is 20.1 Å². The van der Waals surface area contributed by atoms with E-state index < -0.39 is 6.29 Å². The fourth-order valence-electron chi connectivity index (χ4n) is 2.93. The monoisotopic (exact) mass is 382 g/mol. The van der Waals surface area contributed by atoms with Gasteiger partial charge in [0.25, 0.3) is 5.91 Å². The lowest BCUT2D eigenvalue weighted by molar-refractivity contribution is -0.286. The highest BCUT2D eigenvalue weighted by Crippen LogP contribution is 2.44. The number of hydrogen-bond donors (Lipinski definition) is 1. The van der Waals surface area contributed by atoms with E-state index >= 15 is 0 Å². The Balaban J connectivity index is 1.54. The summed E-state index contributed by atoms with van der Waals surface area (Å²) < 4.78 is 35.5. The lowest BCUT2D eigenvalue weighted by atomic mass is 10.0. The molecule has 2 heterocycles. The molecule has 0 bridgehead atoms. The topological polar surface area (TPSA) is 60.5 Å². The molecule has 0 spiro atoms. The first-order valence-electron chi connectivity index (χ1n) is 8.56. The number of amides is 1. The summed E-state index contributed by atoms with van der Waals surface area (Å²) in [5.74, 6) is 0.101. The van der Waals surface area contributed by atoms with Crippen LogP contribution in [0.25, 0.3) is 11.1 Å². The van der Waals surface area contributed by atoms with Gasteiger partial charge in [-0.3, -0.25) is 4.79 Å². The molecule has 4 rings (SSSR count). The Hall–Kier alpha value is -3.48. The largest absolute Gasteiger partial charge is 0.586 e. The molecule has 1 N–H and O–H groups in total. The Morgan fingerprint density at radius 2 is 1.68 bits per heavy atom. The minimum absolute atomic E-state index is 0.00110. The molecule has 7 heteroatoms. The smallest absolute Gasteiger partial charge is 0.395 e. The molecule has 0 atom stereocenters. The molecular formula is C21H16F2N2O3. The summed E-state index contributed by atoms with van der Waals surface area (Å²) >= 11 is 0. The number of aryl methyl sites for hydroxylation is 2. The van der Waals surface area contributed by atoms with Gasteiger partial charge in [-0.1, -0.05) is 17.7 Å². The fourth-order valence-corrected chi connectivity index (χ4v) is 2.93. The third-order valence-electron chi connectivity index (χ3n) is 4.38. The van der Waals surface area contributed by atoms with Gasteiger partial charge in [0.2, 0.25) is 0 Å².